The molecule has 114 valence electrons. The van der Waals surface area contributed by atoms with Crippen molar-refractivity contribution in [2.75, 3.05) is 5.32 Å². The summed E-state index contributed by atoms with van der Waals surface area (Å²) in [5.41, 5.74) is 0.190. The Balaban J connectivity index is 1.53. The third-order valence-electron chi connectivity index (χ3n) is 4.65. The Kier molecular flexibility index (Phi) is 3.03. The van der Waals surface area contributed by atoms with E-state index in [0.29, 0.717) is 5.92 Å². The highest BCUT2D eigenvalue weighted by Crippen LogP contribution is 2.49. The van der Waals surface area contributed by atoms with Gasteiger partial charge in [-0.3, -0.25) is 4.79 Å². The molecule has 1 amide bonds. The topological polar surface area (TPSA) is 46.9 Å². The number of nitrogens with one attached hydrogen (secondary N) is 1. The zero-order valence-electron chi connectivity index (χ0n) is 12.3. The molecule has 0 aliphatic heterocycles. The monoisotopic (exact) mass is 299 g/mol. The van der Waals surface area contributed by atoms with Gasteiger partial charge in [-0.25, -0.2) is 9.07 Å². The van der Waals surface area contributed by atoms with Gasteiger partial charge in [0.2, 0.25) is 5.91 Å². The lowest BCUT2D eigenvalue weighted by atomic mass is 9.95. The maximum absolute atomic E-state index is 13.4. The number of amides is 1. The summed E-state index contributed by atoms with van der Waals surface area (Å²) in [5, 5.41) is 7.26. The van der Waals surface area contributed by atoms with Gasteiger partial charge in [0.05, 0.1) is 11.6 Å². The molecular weight excluding hydrogens is 281 g/mol. The average Bonchev–Trinajstić information content (AvgIpc) is 3.40. The molecule has 0 saturated heterocycles. The lowest BCUT2D eigenvalue weighted by Crippen LogP contribution is -2.29. The Morgan fingerprint density at radius 1 is 1.36 bits per heavy atom. The summed E-state index contributed by atoms with van der Waals surface area (Å²) in [6.07, 6.45) is 5.71. The fraction of sp³-hybridized carbons (Fsp3) is 0.412. The minimum Gasteiger partial charge on any atom is -0.310 e. The van der Waals surface area contributed by atoms with Gasteiger partial charge in [0, 0.05) is 12.6 Å². The van der Waals surface area contributed by atoms with Crippen molar-refractivity contribution in [2.24, 2.45) is 5.92 Å². The number of benzene rings is 1. The molecule has 4 rings (SSSR count). The van der Waals surface area contributed by atoms with Gasteiger partial charge in [-0.2, -0.15) is 5.10 Å². The summed E-state index contributed by atoms with van der Waals surface area (Å²) in [5.74, 6) is 1.07. The van der Waals surface area contributed by atoms with Gasteiger partial charge in [-0.15, -0.1) is 0 Å². The molecule has 0 radical (unpaired) electrons. The second-order valence-electron chi connectivity index (χ2n) is 6.39. The third kappa shape index (κ3) is 2.40. The van der Waals surface area contributed by atoms with Gasteiger partial charge >= 0.3 is 0 Å². The molecule has 0 atom stereocenters. The van der Waals surface area contributed by atoms with E-state index < -0.39 is 5.41 Å². The Morgan fingerprint density at radius 2 is 2.18 bits per heavy atom. The van der Waals surface area contributed by atoms with Crippen molar-refractivity contribution in [1.82, 2.24) is 9.78 Å². The maximum atomic E-state index is 13.4. The van der Waals surface area contributed by atoms with E-state index >= 15 is 0 Å². The average molecular weight is 299 g/mol. The van der Waals surface area contributed by atoms with Crippen LogP contribution in [0.3, 0.4) is 0 Å². The first-order valence-corrected chi connectivity index (χ1v) is 7.77. The van der Waals surface area contributed by atoms with E-state index in [1.54, 1.807) is 12.3 Å². The SMILES string of the molecule is O=C(Nc1ccnn1CC1CC1)C1(c2cccc(F)c2)CC1. The first-order chi connectivity index (χ1) is 10.7. The van der Waals surface area contributed by atoms with Gasteiger partial charge in [-0.05, 0) is 49.3 Å². The number of aromatic nitrogens is 2. The number of halogens is 1. The van der Waals surface area contributed by atoms with Crippen molar-refractivity contribution >= 4 is 11.7 Å². The highest BCUT2D eigenvalue weighted by molar-refractivity contribution is 6.00. The second-order valence-corrected chi connectivity index (χ2v) is 6.39. The van der Waals surface area contributed by atoms with Crippen molar-refractivity contribution in [1.29, 1.82) is 0 Å². The summed E-state index contributed by atoms with van der Waals surface area (Å²) >= 11 is 0. The summed E-state index contributed by atoms with van der Waals surface area (Å²) in [6.45, 7) is 0.857. The molecule has 5 heteroatoms. The number of carbonyl (C=O) groups is 1. The summed E-state index contributed by atoms with van der Waals surface area (Å²) < 4.78 is 15.3. The fourth-order valence-electron chi connectivity index (χ4n) is 2.92. The summed E-state index contributed by atoms with van der Waals surface area (Å²) in [7, 11) is 0. The minimum absolute atomic E-state index is 0.0596. The van der Waals surface area contributed by atoms with Crippen molar-refractivity contribution < 1.29 is 9.18 Å². The molecule has 2 aliphatic carbocycles. The first-order valence-electron chi connectivity index (χ1n) is 7.77. The molecule has 0 bridgehead atoms. The molecule has 1 N–H and O–H groups in total. The Bertz CT molecular complexity index is 716. The molecule has 1 aromatic carbocycles. The normalized spacial score (nSPS) is 19.0. The molecule has 22 heavy (non-hydrogen) atoms. The minimum atomic E-state index is -0.573. The van der Waals surface area contributed by atoms with Crippen LogP contribution >= 0.6 is 0 Å². The van der Waals surface area contributed by atoms with Crippen LogP contribution < -0.4 is 5.32 Å². The van der Waals surface area contributed by atoms with Gasteiger partial charge in [0.25, 0.3) is 0 Å². The molecule has 1 aromatic heterocycles. The fourth-order valence-corrected chi connectivity index (χ4v) is 2.92. The van der Waals surface area contributed by atoms with Crippen LogP contribution in [-0.2, 0) is 16.8 Å². The molecular formula is C17H18FN3O. The highest BCUT2D eigenvalue weighted by atomic mass is 19.1. The van der Waals surface area contributed by atoms with E-state index in [1.807, 2.05) is 16.8 Å². The lowest BCUT2D eigenvalue weighted by molar-refractivity contribution is -0.118. The van der Waals surface area contributed by atoms with Crippen molar-refractivity contribution in [3.05, 3.63) is 47.9 Å². The standard InChI is InChI=1S/C17H18FN3O/c18-14-3-1-2-13(10-14)17(7-8-17)16(22)20-15-6-9-19-21(15)11-12-4-5-12/h1-3,6,9-10,12H,4-5,7-8,11H2,(H,20,22). The van der Waals surface area contributed by atoms with Crippen molar-refractivity contribution in [3.8, 4) is 0 Å². The molecule has 2 aliphatic rings. The van der Waals surface area contributed by atoms with E-state index in [2.05, 4.69) is 10.4 Å². The Hall–Kier alpha value is -2.17. The van der Waals surface area contributed by atoms with Crippen LogP contribution in [0.5, 0.6) is 0 Å². The van der Waals surface area contributed by atoms with Gasteiger partial charge in [0.1, 0.15) is 11.6 Å². The predicted molar refractivity (Wildman–Crippen MR) is 80.9 cm³/mol. The number of hydrogen-bond acceptors (Lipinski definition) is 2. The van der Waals surface area contributed by atoms with Crippen LogP contribution in [0, 0.1) is 11.7 Å². The number of rotatable bonds is 5. The summed E-state index contributed by atoms with van der Waals surface area (Å²) in [4.78, 5) is 12.7. The molecule has 2 saturated carbocycles. The smallest absolute Gasteiger partial charge is 0.236 e. The highest BCUT2D eigenvalue weighted by Gasteiger charge is 2.51. The van der Waals surface area contributed by atoms with Crippen LogP contribution in [0.15, 0.2) is 36.5 Å². The zero-order chi connectivity index (χ0) is 15.2. The number of carbonyl (C=O) groups excluding carboxylic acids is 1. The Morgan fingerprint density at radius 3 is 2.86 bits per heavy atom. The van der Waals surface area contributed by atoms with Crippen LogP contribution in [0.2, 0.25) is 0 Å². The van der Waals surface area contributed by atoms with Crippen LogP contribution in [0.1, 0.15) is 31.2 Å². The summed E-state index contributed by atoms with van der Waals surface area (Å²) in [6, 6.07) is 8.19. The van der Waals surface area contributed by atoms with E-state index in [0.717, 1.165) is 30.8 Å². The van der Waals surface area contributed by atoms with Crippen molar-refractivity contribution in [3.63, 3.8) is 0 Å². The quantitative estimate of drug-likeness (QED) is 0.922. The van der Waals surface area contributed by atoms with E-state index in [-0.39, 0.29) is 11.7 Å². The van der Waals surface area contributed by atoms with Gasteiger partial charge in [-0.1, -0.05) is 12.1 Å². The Labute approximate surface area is 128 Å². The number of hydrogen-bond donors (Lipinski definition) is 1. The van der Waals surface area contributed by atoms with E-state index in [1.165, 1.54) is 25.0 Å². The molecule has 0 spiro atoms. The van der Waals surface area contributed by atoms with Crippen LogP contribution in [0.25, 0.3) is 0 Å². The van der Waals surface area contributed by atoms with Crippen LogP contribution in [0.4, 0.5) is 10.2 Å². The van der Waals surface area contributed by atoms with Crippen molar-refractivity contribution in [2.45, 2.75) is 37.6 Å². The zero-order valence-corrected chi connectivity index (χ0v) is 12.3. The third-order valence-corrected chi connectivity index (χ3v) is 4.65. The van der Waals surface area contributed by atoms with E-state index in [9.17, 15) is 9.18 Å². The molecule has 2 aromatic rings. The molecule has 0 unspecified atom stereocenters. The largest absolute Gasteiger partial charge is 0.310 e. The molecule has 4 nitrogen and oxygen atoms in total. The number of anilines is 1. The van der Waals surface area contributed by atoms with Crippen LogP contribution in [-0.4, -0.2) is 15.7 Å². The first kappa shape index (κ1) is 13.5. The molecule has 2 fully saturated rings. The van der Waals surface area contributed by atoms with Gasteiger partial charge in [0.15, 0.2) is 0 Å². The van der Waals surface area contributed by atoms with Gasteiger partial charge < -0.3 is 5.32 Å². The van der Waals surface area contributed by atoms with E-state index in [4.69, 9.17) is 0 Å². The maximum Gasteiger partial charge on any atom is 0.236 e. The lowest BCUT2D eigenvalue weighted by Gasteiger charge is -2.16. The second kappa shape index (κ2) is 4.93. The predicted octanol–water partition coefficient (Wildman–Crippen LogP) is 3.10. The number of nitrogens with zero attached hydrogens (tertiary/aromatic N) is 2. The molecule has 1 heterocycles.